The molecule has 0 saturated carbocycles. The SMILES string of the molecule is Cc1sc2nc(CNCc3ccccc3Cl)nc(NCc3ccccc3Cl)c2c1C.O=C(O)C(=O)O.O=C(O)C(=O)O. The third kappa shape index (κ3) is 10.3. The molecule has 222 valence electrons. The van der Waals surface area contributed by atoms with Gasteiger partial charge in [-0.25, -0.2) is 29.1 Å². The minimum atomic E-state index is -1.82. The Balaban J connectivity index is 0.000000434. The van der Waals surface area contributed by atoms with Crippen LogP contribution in [0.25, 0.3) is 10.2 Å². The highest BCUT2D eigenvalue weighted by atomic mass is 35.5. The van der Waals surface area contributed by atoms with E-state index in [2.05, 4.69) is 24.5 Å². The van der Waals surface area contributed by atoms with Gasteiger partial charge in [0.15, 0.2) is 0 Å². The summed E-state index contributed by atoms with van der Waals surface area (Å²) in [5.74, 6) is -5.70. The van der Waals surface area contributed by atoms with Crippen LogP contribution in [-0.2, 0) is 38.8 Å². The molecule has 0 radical (unpaired) electrons. The highest BCUT2D eigenvalue weighted by molar-refractivity contribution is 7.18. The van der Waals surface area contributed by atoms with E-state index in [1.54, 1.807) is 11.3 Å². The molecule has 2 aromatic carbocycles. The number of carboxylic acid groups (broad SMARTS) is 4. The lowest BCUT2D eigenvalue weighted by molar-refractivity contribution is -0.159. The molecule has 42 heavy (non-hydrogen) atoms. The molecule has 0 aliphatic heterocycles. The summed E-state index contributed by atoms with van der Waals surface area (Å²) < 4.78 is 0. The van der Waals surface area contributed by atoms with Gasteiger partial charge in [0.1, 0.15) is 16.5 Å². The normalized spacial score (nSPS) is 10.1. The molecule has 0 amide bonds. The Kier molecular flexibility index (Phi) is 13.1. The minimum Gasteiger partial charge on any atom is -0.473 e. The largest absolute Gasteiger partial charge is 0.473 e. The van der Waals surface area contributed by atoms with Gasteiger partial charge in [0, 0.05) is 28.0 Å². The van der Waals surface area contributed by atoms with E-state index >= 15 is 0 Å². The van der Waals surface area contributed by atoms with Crippen molar-refractivity contribution in [2.75, 3.05) is 5.32 Å². The number of carboxylic acids is 4. The van der Waals surface area contributed by atoms with E-state index < -0.39 is 23.9 Å². The molecule has 12 nitrogen and oxygen atoms in total. The summed E-state index contributed by atoms with van der Waals surface area (Å²) >= 11 is 14.3. The van der Waals surface area contributed by atoms with E-state index in [0.717, 1.165) is 43.0 Å². The zero-order chi connectivity index (χ0) is 31.4. The van der Waals surface area contributed by atoms with Gasteiger partial charge in [0.2, 0.25) is 0 Å². The molecule has 0 spiro atoms. The Labute approximate surface area is 253 Å². The fraction of sp³-hybridized carbons (Fsp3) is 0.185. The molecule has 0 aliphatic carbocycles. The fourth-order valence-electron chi connectivity index (χ4n) is 3.27. The summed E-state index contributed by atoms with van der Waals surface area (Å²) in [7, 11) is 0. The number of anilines is 1. The van der Waals surface area contributed by atoms with E-state index in [9.17, 15) is 0 Å². The van der Waals surface area contributed by atoms with E-state index in [1.165, 1.54) is 10.4 Å². The fourth-order valence-corrected chi connectivity index (χ4v) is 4.73. The van der Waals surface area contributed by atoms with Crippen LogP contribution in [0.5, 0.6) is 0 Å². The van der Waals surface area contributed by atoms with E-state index in [0.29, 0.717) is 19.6 Å². The molecule has 15 heteroatoms. The van der Waals surface area contributed by atoms with Crippen LogP contribution in [0.3, 0.4) is 0 Å². The Bertz CT molecular complexity index is 1550. The summed E-state index contributed by atoms with van der Waals surface area (Å²) in [6.45, 7) is 6.05. The number of fused-ring (bicyclic) bond motifs is 1. The van der Waals surface area contributed by atoms with Gasteiger partial charge in [-0.05, 0) is 42.7 Å². The second kappa shape index (κ2) is 16.2. The summed E-state index contributed by atoms with van der Waals surface area (Å²) in [5, 5.41) is 39.0. The van der Waals surface area contributed by atoms with Gasteiger partial charge in [0.05, 0.1) is 11.9 Å². The van der Waals surface area contributed by atoms with Crippen LogP contribution in [0.2, 0.25) is 10.0 Å². The molecular weight excluding hydrogens is 611 g/mol. The predicted octanol–water partition coefficient (Wildman–Crippen LogP) is 4.83. The minimum absolute atomic E-state index is 0.554. The van der Waals surface area contributed by atoms with Crippen molar-refractivity contribution in [3.05, 3.63) is 86.0 Å². The molecule has 4 aromatic rings. The number of carbonyl (C=O) groups is 4. The maximum Gasteiger partial charge on any atom is 0.414 e. The molecule has 6 N–H and O–H groups in total. The zero-order valence-electron chi connectivity index (χ0n) is 22.2. The number of halogens is 2. The van der Waals surface area contributed by atoms with Crippen molar-refractivity contribution in [3.8, 4) is 0 Å². The average Bonchev–Trinajstić information content (AvgIpc) is 3.22. The lowest BCUT2D eigenvalue weighted by atomic mass is 10.2. The first-order valence-corrected chi connectivity index (χ1v) is 13.5. The van der Waals surface area contributed by atoms with Crippen LogP contribution >= 0.6 is 34.5 Å². The van der Waals surface area contributed by atoms with Crippen molar-refractivity contribution in [1.29, 1.82) is 0 Å². The average molecular weight is 637 g/mol. The summed E-state index contributed by atoms with van der Waals surface area (Å²) in [4.78, 5) is 48.3. The number of rotatable bonds is 7. The third-order valence-corrected chi connectivity index (χ3v) is 7.24. The molecule has 0 aliphatic rings. The zero-order valence-corrected chi connectivity index (χ0v) is 24.5. The summed E-state index contributed by atoms with van der Waals surface area (Å²) in [5.41, 5.74) is 3.31. The number of aliphatic carboxylic acids is 4. The van der Waals surface area contributed by atoms with Crippen LogP contribution in [0, 0.1) is 13.8 Å². The lowest BCUT2D eigenvalue weighted by Crippen LogP contribution is -2.16. The van der Waals surface area contributed by atoms with Crippen LogP contribution in [-0.4, -0.2) is 54.3 Å². The molecule has 2 aromatic heterocycles. The Morgan fingerprint density at radius 1 is 0.738 bits per heavy atom. The summed E-state index contributed by atoms with van der Waals surface area (Å²) in [6.07, 6.45) is 0. The molecule has 2 heterocycles. The highest BCUT2D eigenvalue weighted by Crippen LogP contribution is 2.33. The standard InChI is InChI=1S/C23H22Cl2N4S.2C2H2O4/c1-14-15(2)30-23-21(14)22(27-12-17-8-4-6-10-19(17)25)28-20(29-23)13-26-11-16-7-3-5-9-18(16)24;2*3-1(4)2(5)6/h3-10,26H,11-13H2,1-2H3,(H,27,28,29);2*(H,3,4)(H,5,6). The van der Waals surface area contributed by atoms with Crippen LogP contribution < -0.4 is 10.6 Å². The second-order valence-corrected chi connectivity index (χ2v) is 10.3. The van der Waals surface area contributed by atoms with Crippen LogP contribution in [0.1, 0.15) is 27.4 Å². The van der Waals surface area contributed by atoms with Gasteiger partial charge in [-0.3, -0.25) is 0 Å². The Hall–Kier alpha value is -4.30. The number of hydrogen-bond acceptors (Lipinski definition) is 9. The number of thiophene rings is 1. The molecule has 0 fully saturated rings. The van der Waals surface area contributed by atoms with Gasteiger partial charge in [0.25, 0.3) is 0 Å². The molecule has 0 unspecified atom stereocenters. The number of benzene rings is 2. The van der Waals surface area contributed by atoms with Crippen molar-refractivity contribution in [2.24, 2.45) is 0 Å². The number of aryl methyl sites for hydroxylation is 2. The maximum atomic E-state index is 9.10. The van der Waals surface area contributed by atoms with Crippen LogP contribution in [0.4, 0.5) is 5.82 Å². The predicted molar refractivity (Wildman–Crippen MR) is 158 cm³/mol. The monoisotopic (exact) mass is 636 g/mol. The highest BCUT2D eigenvalue weighted by Gasteiger charge is 2.15. The van der Waals surface area contributed by atoms with Gasteiger partial charge in [-0.15, -0.1) is 11.3 Å². The second-order valence-electron chi connectivity index (χ2n) is 8.31. The first kappa shape index (κ1) is 33.9. The number of hydrogen-bond donors (Lipinski definition) is 6. The maximum absolute atomic E-state index is 9.10. The van der Waals surface area contributed by atoms with Gasteiger partial charge in [-0.2, -0.15) is 0 Å². The number of aromatic nitrogens is 2. The molecule has 0 bridgehead atoms. The van der Waals surface area contributed by atoms with E-state index in [-0.39, 0.29) is 0 Å². The third-order valence-electron chi connectivity index (χ3n) is 5.40. The first-order chi connectivity index (χ1) is 19.8. The van der Waals surface area contributed by atoms with Crippen LogP contribution in [0.15, 0.2) is 48.5 Å². The summed E-state index contributed by atoms with van der Waals surface area (Å²) in [6, 6.07) is 15.7. The van der Waals surface area contributed by atoms with E-state index in [1.807, 2.05) is 48.5 Å². The quantitative estimate of drug-likeness (QED) is 0.151. The molecule has 0 atom stereocenters. The van der Waals surface area contributed by atoms with Gasteiger partial charge in [-0.1, -0.05) is 59.6 Å². The van der Waals surface area contributed by atoms with Crippen molar-refractivity contribution >= 4 is 74.5 Å². The topological polar surface area (TPSA) is 199 Å². The Morgan fingerprint density at radius 2 is 1.21 bits per heavy atom. The Morgan fingerprint density at radius 3 is 1.69 bits per heavy atom. The van der Waals surface area contributed by atoms with Crippen molar-refractivity contribution < 1.29 is 39.6 Å². The lowest BCUT2D eigenvalue weighted by Gasteiger charge is -2.11. The van der Waals surface area contributed by atoms with Crippen molar-refractivity contribution in [2.45, 2.75) is 33.5 Å². The molecule has 4 rings (SSSR count). The van der Waals surface area contributed by atoms with Crippen molar-refractivity contribution in [3.63, 3.8) is 0 Å². The smallest absolute Gasteiger partial charge is 0.414 e. The number of nitrogens with zero attached hydrogens (tertiary/aromatic N) is 2. The first-order valence-electron chi connectivity index (χ1n) is 11.9. The van der Waals surface area contributed by atoms with Gasteiger partial charge < -0.3 is 31.1 Å². The molecular formula is C27H26Cl2N4O8S. The van der Waals surface area contributed by atoms with Gasteiger partial charge >= 0.3 is 23.9 Å². The number of nitrogens with one attached hydrogen (secondary N) is 2. The van der Waals surface area contributed by atoms with E-state index in [4.69, 9.17) is 72.8 Å². The van der Waals surface area contributed by atoms with Crippen molar-refractivity contribution in [1.82, 2.24) is 15.3 Å². The molecule has 0 saturated heterocycles.